The Bertz CT molecular complexity index is 505. The summed E-state index contributed by atoms with van der Waals surface area (Å²) in [6, 6.07) is 4.53. The Labute approximate surface area is 104 Å². The lowest BCUT2D eigenvalue weighted by atomic mass is 10.1. The molecular formula is C12H13N3O3. The molecule has 0 aliphatic heterocycles. The number of carbonyl (C=O) groups excluding carboxylic acids is 1. The molecule has 6 nitrogen and oxygen atoms in total. The number of nitrogens with zero attached hydrogens (tertiary/aromatic N) is 3. The van der Waals surface area contributed by atoms with Crippen LogP contribution < -0.4 is 0 Å². The van der Waals surface area contributed by atoms with Crippen molar-refractivity contribution in [3.63, 3.8) is 0 Å². The van der Waals surface area contributed by atoms with Gasteiger partial charge < -0.3 is 9.84 Å². The monoisotopic (exact) mass is 247 g/mol. The van der Waals surface area contributed by atoms with Gasteiger partial charge in [-0.1, -0.05) is 23.3 Å². The van der Waals surface area contributed by atoms with Crippen LogP contribution >= 0.6 is 0 Å². The van der Waals surface area contributed by atoms with E-state index < -0.39 is 5.97 Å². The quantitative estimate of drug-likeness (QED) is 0.285. The fourth-order valence-corrected chi connectivity index (χ4v) is 1.32. The van der Waals surface area contributed by atoms with E-state index in [0.717, 1.165) is 0 Å². The van der Waals surface area contributed by atoms with Crippen molar-refractivity contribution in [1.29, 1.82) is 0 Å². The minimum absolute atomic E-state index is 0.00191. The van der Waals surface area contributed by atoms with Crippen molar-refractivity contribution >= 4 is 12.0 Å². The van der Waals surface area contributed by atoms with E-state index in [1.54, 1.807) is 24.3 Å². The SMILES string of the molecule is COC(=O)c1ccc(C=CCCN=[N+]=[N-])c(O)c1. The van der Waals surface area contributed by atoms with Crippen LogP contribution in [0.25, 0.3) is 16.5 Å². The minimum Gasteiger partial charge on any atom is -0.507 e. The van der Waals surface area contributed by atoms with E-state index >= 15 is 0 Å². The van der Waals surface area contributed by atoms with Crippen LogP contribution in [0.5, 0.6) is 5.75 Å². The van der Waals surface area contributed by atoms with E-state index in [2.05, 4.69) is 14.8 Å². The van der Waals surface area contributed by atoms with Crippen molar-refractivity contribution in [2.45, 2.75) is 6.42 Å². The smallest absolute Gasteiger partial charge is 0.337 e. The highest BCUT2D eigenvalue weighted by Gasteiger charge is 2.07. The van der Waals surface area contributed by atoms with Gasteiger partial charge in [-0.2, -0.15) is 0 Å². The number of hydrogen-bond acceptors (Lipinski definition) is 4. The fourth-order valence-electron chi connectivity index (χ4n) is 1.32. The van der Waals surface area contributed by atoms with Gasteiger partial charge in [-0.3, -0.25) is 0 Å². The number of hydrogen-bond donors (Lipinski definition) is 1. The molecule has 0 amide bonds. The molecule has 0 bridgehead atoms. The first kappa shape index (κ1) is 13.6. The molecule has 1 N–H and O–H groups in total. The molecule has 0 atom stereocenters. The van der Waals surface area contributed by atoms with E-state index in [9.17, 15) is 9.90 Å². The third kappa shape index (κ3) is 3.84. The maximum Gasteiger partial charge on any atom is 0.337 e. The maximum atomic E-state index is 11.2. The number of aromatic hydroxyl groups is 1. The normalized spacial score (nSPS) is 10.1. The molecule has 18 heavy (non-hydrogen) atoms. The Morgan fingerprint density at radius 2 is 2.39 bits per heavy atom. The molecule has 0 spiro atoms. The summed E-state index contributed by atoms with van der Waals surface area (Å²) in [4.78, 5) is 13.8. The fraction of sp³-hybridized carbons (Fsp3) is 0.250. The molecule has 1 rings (SSSR count). The standard InChI is InChI=1S/C12H13N3O3/c1-18-12(17)10-6-5-9(11(16)8-10)4-2-3-7-14-15-13/h2,4-6,8,16H,3,7H2,1H3. The van der Waals surface area contributed by atoms with Crippen LogP contribution in [0.1, 0.15) is 22.3 Å². The molecule has 94 valence electrons. The second kappa shape index (κ2) is 6.98. The van der Waals surface area contributed by atoms with Crippen molar-refractivity contribution in [2.24, 2.45) is 5.11 Å². The topological polar surface area (TPSA) is 95.3 Å². The van der Waals surface area contributed by atoms with Gasteiger partial charge in [0.25, 0.3) is 0 Å². The Morgan fingerprint density at radius 3 is 3.00 bits per heavy atom. The molecule has 0 heterocycles. The third-order valence-electron chi connectivity index (χ3n) is 2.21. The summed E-state index contributed by atoms with van der Waals surface area (Å²) in [6.07, 6.45) is 4.06. The first-order valence-corrected chi connectivity index (χ1v) is 5.27. The summed E-state index contributed by atoms with van der Waals surface area (Å²) in [7, 11) is 1.28. The zero-order valence-corrected chi connectivity index (χ0v) is 9.91. The Morgan fingerprint density at radius 1 is 1.61 bits per heavy atom. The summed E-state index contributed by atoms with van der Waals surface area (Å²) >= 11 is 0. The molecule has 1 aromatic carbocycles. The summed E-state index contributed by atoms with van der Waals surface area (Å²) in [6.45, 7) is 0.369. The highest BCUT2D eigenvalue weighted by Crippen LogP contribution is 2.20. The maximum absolute atomic E-state index is 11.2. The van der Waals surface area contributed by atoms with E-state index in [4.69, 9.17) is 5.53 Å². The van der Waals surface area contributed by atoms with Crippen LogP contribution in [-0.4, -0.2) is 24.7 Å². The summed E-state index contributed by atoms with van der Waals surface area (Å²) in [5.74, 6) is -0.498. The molecule has 0 saturated carbocycles. The van der Waals surface area contributed by atoms with Crippen LogP contribution in [-0.2, 0) is 4.74 Å². The largest absolute Gasteiger partial charge is 0.507 e. The number of benzene rings is 1. The zero-order valence-electron chi connectivity index (χ0n) is 9.91. The van der Waals surface area contributed by atoms with Crippen molar-refractivity contribution in [1.82, 2.24) is 0 Å². The Hall–Kier alpha value is -2.46. The Kier molecular flexibility index (Phi) is 5.28. The van der Waals surface area contributed by atoms with Gasteiger partial charge >= 0.3 is 5.97 Å². The number of azide groups is 1. The second-order valence-corrected chi connectivity index (χ2v) is 3.41. The first-order valence-electron chi connectivity index (χ1n) is 5.27. The molecule has 6 heteroatoms. The second-order valence-electron chi connectivity index (χ2n) is 3.41. The highest BCUT2D eigenvalue weighted by molar-refractivity contribution is 5.90. The lowest BCUT2D eigenvalue weighted by molar-refractivity contribution is 0.0600. The van der Waals surface area contributed by atoms with Crippen LogP contribution in [0.3, 0.4) is 0 Å². The molecule has 0 aliphatic rings. The molecule has 0 aliphatic carbocycles. The lowest BCUT2D eigenvalue weighted by Crippen LogP contribution is -2.00. The van der Waals surface area contributed by atoms with Gasteiger partial charge in [0.2, 0.25) is 0 Å². The van der Waals surface area contributed by atoms with Gasteiger partial charge in [-0.15, -0.1) is 0 Å². The number of rotatable bonds is 5. The van der Waals surface area contributed by atoms with Crippen LogP contribution in [0.15, 0.2) is 29.4 Å². The minimum atomic E-state index is -0.496. The summed E-state index contributed by atoms with van der Waals surface area (Å²) < 4.78 is 4.54. The lowest BCUT2D eigenvalue weighted by Gasteiger charge is -2.02. The van der Waals surface area contributed by atoms with E-state index in [0.29, 0.717) is 24.1 Å². The van der Waals surface area contributed by atoms with Gasteiger partial charge in [0.05, 0.1) is 12.7 Å². The number of carbonyl (C=O) groups is 1. The molecule has 0 saturated heterocycles. The summed E-state index contributed by atoms with van der Waals surface area (Å²) in [5.41, 5.74) is 8.96. The van der Waals surface area contributed by atoms with Crippen LogP contribution in [0, 0.1) is 0 Å². The average molecular weight is 247 g/mol. The van der Waals surface area contributed by atoms with E-state index in [1.165, 1.54) is 13.2 Å². The molecular weight excluding hydrogens is 234 g/mol. The molecule has 1 aromatic rings. The van der Waals surface area contributed by atoms with Gasteiger partial charge in [-0.05, 0) is 24.1 Å². The van der Waals surface area contributed by atoms with Crippen molar-refractivity contribution in [3.8, 4) is 5.75 Å². The number of ether oxygens (including phenoxy) is 1. The number of phenolic OH excluding ortho intramolecular Hbond substituents is 1. The van der Waals surface area contributed by atoms with Gasteiger partial charge in [0.1, 0.15) is 5.75 Å². The molecule has 0 radical (unpaired) electrons. The van der Waals surface area contributed by atoms with Gasteiger partial charge in [0.15, 0.2) is 0 Å². The predicted molar refractivity (Wildman–Crippen MR) is 67.1 cm³/mol. The summed E-state index contributed by atoms with van der Waals surface area (Å²) in [5, 5.41) is 13.1. The first-order chi connectivity index (χ1) is 8.69. The van der Waals surface area contributed by atoms with Crippen molar-refractivity contribution in [2.75, 3.05) is 13.7 Å². The average Bonchev–Trinajstić information content (AvgIpc) is 2.39. The van der Waals surface area contributed by atoms with E-state index in [-0.39, 0.29) is 5.75 Å². The van der Waals surface area contributed by atoms with Gasteiger partial charge in [-0.25, -0.2) is 4.79 Å². The van der Waals surface area contributed by atoms with Crippen LogP contribution in [0.4, 0.5) is 0 Å². The third-order valence-corrected chi connectivity index (χ3v) is 2.21. The Balaban J connectivity index is 2.73. The van der Waals surface area contributed by atoms with Gasteiger partial charge in [0, 0.05) is 17.0 Å². The predicted octanol–water partition coefficient (Wildman–Crippen LogP) is 2.89. The zero-order chi connectivity index (χ0) is 13.4. The van der Waals surface area contributed by atoms with Crippen LogP contribution in [0.2, 0.25) is 0 Å². The van der Waals surface area contributed by atoms with E-state index in [1.807, 2.05) is 0 Å². The highest BCUT2D eigenvalue weighted by atomic mass is 16.5. The van der Waals surface area contributed by atoms with Crippen molar-refractivity contribution in [3.05, 3.63) is 45.8 Å². The molecule has 0 aromatic heterocycles. The molecule has 0 unspecified atom stereocenters. The number of methoxy groups -OCH3 is 1. The van der Waals surface area contributed by atoms with Crippen molar-refractivity contribution < 1.29 is 14.6 Å². The number of esters is 1. The molecule has 0 fully saturated rings. The number of phenols is 1.